The standard InChI is InChI=1S/C16H25FN2/c1-16(12-18,19(2)11-14-4-3-5-14)10-13-6-8-15(17)9-7-13/h6-9,14H,3-5,10-12,18H2,1-2H3. The van der Waals surface area contributed by atoms with Gasteiger partial charge in [0.2, 0.25) is 0 Å². The summed E-state index contributed by atoms with van der Waals surface area (Å²) in [5.74, 6) is 0.658. The van der Waals surface area contributed by atoms with Crippen LogP contribution in [-0.4, -0.2) is 30.6 Å². The van der Waals surface area contributed by atoms with Crippen molar-refractivity contribution in [3.05, 3.63) is 35.6 Å². The van der Waals surface area contributed by atoms with E-state index in [4.69, 9.17) is 5.73 Å². The first-order chi connectivity index (χ1) is 9.03. The molecule has 1 atom stereocenters. The van der Waals surface area contributed by atoms with E-state index in [0.29, 0.717) is 6.54 Å². The topological polar surface area (TPSA) is 29.3 Å². The van der Waals surface area contributed by atoms with Crippen LogP contribution in [0.2, 0.25) is 0 Å². The van der Waals surface area contributed by atoms with Gasteiger partial charge in [-0.3, -0.25) is 4.90 Å². The molecule has 3 heteroatoms. The minimum Gasteiger partial charge on any atom is -0.329 e. The lowest BCUT2D eigenvalue weighted by molar-refractivity contribution is 0.0982. The molecule has 0 saturated heterocycles. The van der Waals surface area contributed by atoms with Crippen molar-refractivity contribution in [2.24, 2.45) is 11.7 Å². The predicted molar refractivity (Wildman–Crippen MR) is 77.5 cm³/mol. The highest BCUT2D eigenvalue weighted by molar-refractivity contribution is 5.19. The molecule has 1 aliphatic rings. The molecule has 19 heavy (non-hydrogen) atoms. The zero-order valence-electron chi connectivity index (χ0n) is 12.0. The van der Waals surface area contributed by atoms with Crippen molar-refractivity contribution in [2.45, 2.75) is 38.1 Å². The predicted octanol–water partition coefficient (Wildman–Crippen LogP) is 2.82. The zero-order valence-corrected chi connectivity index (χ0v) is 12.0. The van der Waals surface area contributed by atoms with Crippen molar-refractivity contribution in [1.82, 2.24) is 4.90 Å². The van der Waals surface area contributed by atoms with E-state index >= 15 is 0 Å². The molecule has 1 saturated carbocycles. The Balaban J connectivity index is 2.01. The Bertz CT molecular complexity index is 400. The molecule has 106 valence electrons. The van der Waals surface area contributed by atoms with Gasteiger partial charge in [-0.05, 0) is 56.8 Å². The molecule has 0 amide bonds. The number of halogens is 1. The minimum atomic E-state index is -0.180. The van der Waals surface area contributed by atoms with Crippen LogP contribution in [0.25, 0.3) is 0 Å². The second-order valence-electron chi connectivity index (χ2n) is 6.18. The van der Waals surface area contributed by atoms with Crippen molar-refractivity contribution in [3.63, 3.8) is 0 Å². The number of nitrogens with two attached hydrogens (primary N) is 1. The minimum absolute atomic E-state index is 0.0482. The van der Waals surface area contributed by atoms with E-state index in [0.717, 1.165) is 24.4 Å². The maximum absolute atomic E-state index is 13.0. The van der Waals surface area contributed by atoms with E-state index in [1.165, 1.54) is 31.4 Å². The van der Waals surface area contributed by atoms with Crippen LogP contribution in [0, 0.1) is 11.7 Å². The SMILES string of the molecule is CN(CC1CCC1)C(C)(CN)Cc1ccc(F)cc1. The molecule has 0 spiro atoms. The monoisotopic (exact) mass is 264 g/mol. The Kier molecular flexibility index (Phi) is 4.58. The summed E-state index contributed by atoms with van der Waals surface area (Å²) in [5, 5.41) is 0. The van der Waals surface area contributed by atoms with Crippen LogP contribution < -0.4 is 5.73 Å². The number of likely N-dealkylation sites (N-methyl/N-ethyl adjacent to an activating group) is 1. The summed E-state index contributed by atoms with van der Waals surface area (Å²) in [4.78, 5) is 2.39. The summed E-state index contributed by atoms with van der Waals surface area (Å²) in [7, 11) is 2.16. The zero-order chi connectivity index (χ0) is 13.9. The third-order valence-corrected chi connectivity index (χ3v) is 4.62. The second-order valence-corrected chi connectivity index (χ2v) is 6.18. The summed E-state index contributed by atoms with van der Waals surface area (Å²) < 4.78 is 13.0. The molecule has 1 aromatic rings. The summed E-state index contributed by atoms with van der Waals surface area (Å²) in [5.41, 5.74) is 7.10. The summed E-state index contributed by atoms with van der Waals surface area (Å²) in [6.45, 7) is 3.94. The van der Waals surface area contributed by atoms with Gasteiger partial charge in [0.25, 0.3) is 0 Å². The molecule has 0 aliphatic heterocycles. The normalized spacial score (nSPS) is 19.2. The van der Waals surface area contributed by atoms with E-state index in [1.807, 2.05) is 12.1 Å². The molecule has 1 fully saturated rings. The van der Waals surface area contributed by atoms with Gasteiger partial charge in [0.05, 0.1) is 0 Å². The molecule has 1 aliphatic carbocycles. The Morgan fingerprint density at radius 1 is 1.32 bits per heavy atom. The van der Waals surface area contributed by atoms with Crippen molar-refractivity contribution in [3.8, 4) is 0 Å². The fraction of sp³-hybridized carbons (Fsp3) is 0.625. The molecular formula is C16H25FN2. The Morgan fingerprint density at radius 2 is 1.95 bits per heavy atom. The van der Waals surface area contributed by atoms with Gasteiger partial charge >= 0.3 is 0 Å². The first-order valence-corrected chi connectivity index (χ1v) is 7.19. The van der Waals surface area contributed by atoms with E-state index in [-0.39, 0.29) is 11.4 Å². The van der Waals surface area contributed by atoms with Gasteiger partial charge in [-0.15, -0.1) is 0 Å². The Labute approximate surface area is 115 Å². The summed E-state index contributed by atoms with van der Waals surface area (Å²) >= 11 is 0. The third kappa shape index (κ3) is 3.54. The third-order valence-electron chi connectivity index (χ3n) is 4.62. The number of rotatable bonds is 6. The molecule has 1 unspecified atom stereocenters. The lowest BCUT2D eigenvalue weighted by atomic mass is 9.83. The van der Waals surface area contributed by atoms with E-state index in [1.54, 1.807) is 0 Å². The molecule has 2 rings (SSSR count). The average molecular weight is 264 g/mol. The molecule has 2 nitrogen and oxygen atoms in total. The summed E-state index contributed by atoms with van der Waals surface area (Å²) in [6.07, 6.45) is 4.94. The first-order valence-electron chi connectivity index (χ1n) is 7.19. The second kappa shape index (κ2) is 6.02. The van der Waals surface area contributed by atoms with Gasteiger partial charge in [0.1, 0.15) is 5.82 Å². The quantitative estimate of drug-likeness (QED) is 0.856. The smallest absolute Gasteiger partial charge is 0.123 e. The van der Waals surface area contributed by atoms with Gasteiger partial charge in [0.15, 0.2) is 0 Å². The van der Waals surface area contributed by atoms with Gasteiger partial charge < -0.3 is 5.73 Å². The lowest BCUT2D eigenvalue weighted by Crippen LogP contribution is -2.53. The summed E-state index contributed by atoms with van der Waals surface area (Å²) in [6, 6.07) is 6.78. The van der Waals surface area contributed by atoms with Crippen molar-refractivity contribution >= 4 is 0 Å². The van der Waals surface area contributed by atoms with Crippen LogP contribution in [-0.2, 0) is 6.42 Å². The van der Waals surface area contributed by atoms with Crippen molar-refractivity contribution in [1.29, 1.82) is 0 Å². The lowest BCUT2D eigenvalue weighted by Gasteiger charge is -2.42. The highest BCUT2D eigenvalue weighted by atomic mass is 19.1. The average Bonchev–Trinajstić information content (AvgIpc) is 2.36. The Morgan fingerprint density at radius 3 is 2.42 bits per heavy atom. The van der Waals surface area contributed by atoms with Crippen LogP contribution in [0.3, 0.4) is 0 Å². The molecule has 0 heterocycles. The number of hydrogen-bond acceptors (Lipinski definition) is 2. The van der Waals surface area contributed by atoms with Crippen LogP contribution in [0.1, 0.15) is 31.7 Å². The molecule has 0 radical (unpaired) electrons. The molecular weight excluding hydrogens is 239 g/mol. The molecule has 0 aromatic heterocycles. The largest absolute Gasteiger partial charge is 0.329 e. The van der Waals surface area contributed by atoms with Gasteiger partial charge in [-0.2, -0.15) is 0 Å². The number of benzene rings is 1. The van der Waals surface area contributed by atoms with Gasteiger partial charge in [0, 0.05) is 18.6 Å². The highest BCUT2D eigenvalue weighted by Gasteiger charge is 2.31. The van der Waals surface area contributed by atoms with E-state index < -0.39 is 0 Å². The van der Waals surface area contributed by atoms with Crippen LogP contribution in [0.4, 0.5) is 4.39 Å². The van der Waals surface area contributed by atoms with Crippen molar-refractivity contribution < 1.29 is 4.39 Å². The van der Waals surface area contributed by atoms with Crippen LogP contribution in [0.15, 0.2) is 24.3 Å². The fourth-order valence-electron chi connectivity index (χ4n) is 2.69. The molecule has 0 bridgehead atoms. The maximum atomic E-state index is 13.0. The Hall–Kier alpha value is -0.930. The number of nitrogens with zero attached hydrogens (tertiary/aromatic N) is 1. The van der Waals surface area contributed by atoms with Crippen LogP contribution >= 0.6 is 0 Å². The van der Waals surface area contributed by atoms with Crippen molar-refractivity contribution in [2.75, 3.05) is 20.1 Å². The van der Waals surface area contributed by atoms with E-state index in [2.05, 4.69) is 18.9 Å². The first kappa shape index (κ1) is 14.5. The van der Waals surface area contributed by atoms with Gasteiger partial charge in [-0.25, -0.2) is 4.39 Å². The van der Waals surface area contributed by atoms with Crippen LogP contribution in [0.5, 0.6) is 0 Å². The molecule has 2 N–H and O–H groups in total. The maximum Gasteiger partial charge on any atom is 0.123 e. The highest BCUT2D eigenvalue weighted by Crippen LogP contribution is 2.29. The fourth-order valence-corrected chi connectivity index (χ4v) is 2.69. The molecule has 1 aromatic carbocycles. The van der Waals surface area contributed by atoms with Gasteiger partial charge in [-0.1, -0.05) is 18.6 Å². The number of hydrogen-bond donors (Lipinski definition) is 1. The van der Waals surface area contributed by atoms with E-state index in [9.17, 15) is 4.39 Å².